The van der Waals surface area contributed by atoms with Crippen molar-refractivity contribution in [3.05, 3.63) is 29.7 Å². The van der Waals surface area contributed by atoms with Gasteiger partial charge in [-0.25, -0.2) is 9.78 Å². The lowest BCUT2D eigenvalue weighted by molar-refractivity contribution is 0.0240. The van der Waals surface area contributed by atoms with E-state index in [1.165, 1.54) is 0 Å². The maximum absolute atomic E-state index is 12.2. The monoisotopic (exact) mass is 373 g/mol. The Kier molecular flexibility index (Phi) is 4.99. The summed E-state index contributed by atoms with van der Waals surface area (Å²) in [5, 5.41) is 2.60. The summed E-state index contributed by atoms with van der Waals surface area (Å²) in [5.41, 5.74) is 2.74. The van der Waals surface area contributed by atoms with Gasteiger partial charge in [-0.15, -0.1) is 0 Å². The maximum Gasteiger partial charge on any atom is 0.410 e. The van der Waals surface area contributed by atoms with Gasteiger partial charge in [0.05, 0.1) is 5.69 Å². The van der Waals surface area contributed by atoms with Crippen molar-refractivity contribution in [2.75, 3.05) is 38.1 Å². The topological polar surface area (TPSA) is 79.2 Å². The van der Waals surface area contributed by atoms with Crippen LogP contribution in [0.1, 0.15) is 37.0 Å². The molecule has 3 rings (SSSR count). The van der Waals surface area contributed by atoms with Crippen LogP contribution in [-0.2, 0) is 4.74 Å². The SMILES string of the molecule is CNC(=O)c1cn2c(C)c(N3CCN(C(=O)OC(C)(C)C)CC3)ccc2n1. The molecule has 1 fully saturated rings. The van der Waals surface area contributed by atoms with Crippen LogP contribution in [0.5, 0.6) is 0 Å². The number of imidazole rings is 1. The second-order valence-electron chi connectivity index (χ2n) is 7.69. The Hall–Kier alpha value is -2.77. The molecule has 8 nitrogen and oxygen atoms in total. The molecule has 2 aromatic heterocycles. The minimum Gasteiger partial charge on any atom is -0.444 e. The molecule has 146 valence electrons. The standard InChI is InChI=1S/C19H27N5O3/c1-13-15(6-7-16-21-14(12-24(13)16)17(25)20-5)22-8-10-23(11-9-22)18(26)27-19(2,3)4/h6-7,12H,8-11H2,1-5H3,(H,20,25). The van der Waals surface area contributed by atoms with Crippen LogP contribution >= 0.6 is 0 Å². The smallest absolute Gasteiger partial charge is 0.410 e. The van der Waals surface area contributed by atoms with Crippen LogP contribution in [0.3, 0.4) is 0 Å². The second-order valence-corrected chi connectivity index (χ2v) is 7.69. The molecule has 8 heteroatoms. The third kappa shape index (κ3) is 3.99. The molecule has 0 aromatic carbocycles. The quantitative estimate of drug-likeness (QED) is 0.872. The van der Waals surface area contributed by atoms with Crippen molar-refractivity contribution in [3.8, 4) is 0 Å². The van der Waals surface area contributed by atoms with Crippen molar-refractivity contribution in [3.63, 3.8) is 0 Å². The molecule has 27 heavy (non-hydrogen) atoms. The van der Waals surface area contributed by atoms with Crippen molar-refractivity contribution in [1.29, 1.82) is 0 Å². The number of hydrogen-bond acceptors (Lipinski definition) is 5. The van der Waals surface area contributed by atoms with Crippen molar-refractivity contribution in [2.45, 2.75) is 33.3 Å². The van der Waals surface area contributed by atoms with Crippen molar-refractivity contribution >= 4 is 23.3 Å². The van der Waals surface area contributed by atoms with E-state index in [2.05, 4.69) is 15.2 Å². The number of nitrogens with one attached hydrogen (secondary N) is 1. The summed E-state index contributed by atoms with van der Waals surface area (Å²) in [4.78, 5) is 32.4. The zero-order valence-electron chi connectivity index (χ0n) is 16.6. The zero-order valence-corrected chi connectivity index (χ0v) is 16.6. The zero-order chi connectivity index (χ0) is 19.8. The fourth-order valence-corrected chi connectivity index (χ4v) is 3.21. The van der Waals surface area contributed by atoms with Crippen LogP contribution in [0.4, 0.5) is 10.5 Å². The van der Waals surface area contributed by atoms with Gasteiger partial charge in [-0.1, -0.05) is 0 Å². The van der Waals surface area contributed by atoms with E-state index in [9.17, 15) is 9.59 Å². The summed E-state index contributed by atoms with van der Waals surface area (Å²) in [6.45, 7) is 10.3. The van der Waals surface area contributed by atoms with E-state index in [1.54, 1.807) is 18.1 Å². The largest absolute Gasteiger partial charge is 0.444 e. The predicted octanol–water partition coefficient (Wildman–Crippen LogP) is 2.06. The lowest BCUT2D eigenvalue weighted by Crippen LogP contribution is -2.50. The Morgan fingerprint density at radius 3 is 2.41 bits per heavy atom. The Morgan fingerprint density at radius 2 is 1.81 bits per heavy atom. The summed E-state index contributed by atoms with van der Waals surface area (Å²) < 4.78 is 7.38. The van der Waals surface area contributed by atoms with Gasteiger partial charge in [0.1, 0.15) is 16.9 Å². The van der Waals surface area contributed by atoms with Gasteiger partial charge in [0.25, 0.3) is 5.91 Å². The summed E-state index contributed by atoms with van der Waals surface area (Å²) in [6, 6.07) is 3.93. The fraction of sp³-hybridized carbons (Fsp3) is 0.526. The second kappa shape index (κ2) is 7.09. The van der Waals surface area contributed by atoms with E-state index in [0.29, 0.717) is 18.8 Å². The molecule has 3 heterocycles. The van der Waals surface area contributed by atoms with Crippen molar-refractivity contribution < 1.29 is 14.3 Å². The molecule has 0 radical (unpaired) electrons. The van der Waals surface area contributed by atoms with Crippen molar-refractivity contribution in [2.24, 2.45) is 0 Å². The van der Waals surface area contributed by atoms with E-state index >= 15 is 0 Å². The number of fused-ring (bicyclic) bond motifs is 1. The van der Waals surface area contributed by atoms with Crippen LogP contribution in [0.2, 0.25) is 0 Å². The molecule has 0 bridgehead atoms. The van der Waals surface area contributed by atoms with Gasteiger partial charge in [0, 0.05) is 45.1 Å². The predicted molar refractivity (Wildman–Crippen MR) is 103 cm³/mol. The number of rotatable bonds is 2. The highest BCUT2D eigenvalue weighted by molar-refractivity contribution is 5.92. The average molecular weight is 373 g/mol. The number of aryl methyl sites for hydroxylation is 1. The molecule has 0 saturated carbocycles. The summed E-state index contributed by atoms with van der Waals surface area (Å²) in [7, 11) is 1.59. The number of carbonyl (C=O) groups excluding carboxylic acids is 2. The van der Waals surface area contributed by atoms with Gasteiger partial charge in [0.2, 0.25) is 0 Å². The number of amides is 2. The van der Waals surface area contributed by atoms with Gasteiger partial charge < -0.3 is 24.3 Å². The number of aromatic nitrogens is 2. The first kappa shape index (κ1) is 19.0. The van der Waals surface area contributed by atoms with Gasteiger partial charge in [-0.2, -0.15) is 0 Å². The van der Waals surface area contributed by atoms with Gasteiger partial charge in [-0.05, 0) is 39.8 Å². The molecule has 2 aromatic rings. The van der Waals surface area contributed by atoms with Crippen LogP contribution in [0.25, 0.3) is 5.65 Å². The summed E-state index contributed by atoms with van der Waals surface area (Å²) in [5.74, 6) is -0.203. The molecule has 0 aliphatic carbocycles. The molecule has 0 spiro atoms. The minimum absolute atomic E-state index is 0.203. The molecule has 0 atom stereocenters. The fourth-order valence-electron chi connectivity index (χ4n) is 3.21. The van der Waals surface area contributed by atoms with Crippen LogP contribution < -0.4 is 10.2 Å². The first-order valence-corrected chi connectivity index (χ1v) is 9.13. The highest BCUT2D eigenvalue weighted by atomic mass is 16.6. The van der Waals surface area contributed by atoms with Crippen LogP contribution in [-0.4, -0.2) is 65.1 Å². The third-order valence-corrected chi connectivity index (χ3v) is 4.59. The summed E-state index contributed by atoms with van der Waals surface area (Å²) in [6.07, 6.45) is 1.49. The number of ether oxygens (including phenoxy) is 1. The normalized spacial score (nSPS) is 15.1. The Bertz CT molecular complexity index is 860. The Labute approximate surface area is 159 Å². The van der Waals surface area contributed by atoms with E-state index in [1.807, 2.05) is 44.2 Å². The van der Waals surface area contributed by atoms with Gasteiger partial charge in [0.15, 0.2) is 0 Å². The molecular weight excluding hydrogens is 346 g/mol. The maximum atomic E-state index is 12.2. The highest BCUT2D eigenvalue weighted by Gasteiger charge is 2.26. The Morgan fingerprint density at radius 1 is 1.15 bits per heavy atom. The van der Waals surface area contributed by atoms with E-state index in [0.717, 1.165) is 30.1 Å². The molecular formula is C19H27N5O3. The molecule has 1 saturated heterocycles. The number of carbonyl (C=O) groups is 2. The lowest BCUT2D eigenvalue weighted by Gasteiger charge is -2.37. The molecule has 0 unspecified atom stereocenters. The number of anilines is 1. The summed E-state index contributed by atoms with van der Waals surface area (Å²) >= 11 is 0. The number of hydrogen-bond donors (Lipinski definition) is 1. The minimum atomic E-state index is -0.486. The molecule has 1 aliphatic rings. The van der Waals surface area contributed by atoms with Gasteiger partial charge >= 0.3 is 6.09 Å². The first-order valence-electron chi connectivity index (χ1n) is 9.13. The van der Waals surface area contributed by atoms with Crippen LogP contribution in [0, 0.1) is 6.92 Å². The van der Waals surface area contributed by atoms with Crippen LogP contribution in [0.15, 0.2) is 18.3 Å². The molecule has 2 amide bonds. The average Bonchev–Trinajstić information content (AvgIpc) is 3.05. The van der Waals surface area contributed by atoms with E-state index < -0.39 is 5.60 Å². The van der Waals surface area contributed by atoms with Gasteiger partial charge in [-0.3, -0.25) is 4.79 Å². The first-order chi connectivity index (χ1) is 12.7. The highest BCUT2D eigenvalue weighted by Crippen LogP contribution is 2.24. The number of pyridine rings is 1. The number of piperazine rings is 1. The van der Waals surface area contributed by atoms with Crippen molar-refractivity contribution in [1.82, 2.24) is 19.6 Å². The Balaban J connectivity index is 1.74. The molecule has 1 aliphatic heterocycles. The van der Waals surface area contributed by atoms with E-state index in [-0.39, 0.29) is 12.0 Å². The third-order valence-electron chi connectivity index (χ3n) is 4.59. The lowest BCUT2D eigenvalue weighted by atomic mass is 10.2. The molecule has 1 N–H and O–H groups in total. The van der Waals surface area contributed by atoms with E-state index in [4.69, 9.17) is 4.74 Å². The number of nitrogens with zero attached hydrogens (tertiary/aromatic N) is 4.